The Hall–Kier alpha value is -2.97. The van der Waals surface area contributed by atoms with Gasteiger partial charge in [0.2, 0.25) is 10.0 Å². The van der Waals surface area contributed by atoms with Crippen LogP contribution in [-0.2, 0) is 14.8 Å². The number of piperazine rings is 1. The maximum absolute atomic E-state index is 12.8. The number of fused-ring (bicyclic) bond motifs is 1. The minimum absolute atomic E-state index is 0.185. The molecule has 0 bridgehead atoms. The number of thiazole rings is 1. The molecule has 3 aromatic rings. The van der Waals surface area contributed by atoms with Gasteiger partial charge in [0, 0.05) is 57.9 Å². The maximum atomic E-state index is 12.8. The van der Waals surface area contributed by atoms with Crippen LogP contribution in [-0.4, -0.2) is 108 Å². The number of aromatic nitrogens is 1. The molecule has 0 radical (unpaired) electrons. The number of hydrogen-bond donors (Lipinski definition) is 1. The first-order valence-corrected chi connectivity index (χ1v) is 15.1. The number of hydrogen-bond acceptors (Lipinski definition) is 10. The predicted molar refractivity (Wildman–Crippen MR) is 150 cm³/mol. The van der Waals surface area contributed by atoms with Crippen molar-refractivity contribution in [3.63, 3.8) is 0 Å². The SMILES string of the molecule is COc1ccc2sc(N3CCN(CCNC(=O)c4ccc(S(=O)(=O)N5CCOCC5)cc4)CC3)nc2c1OC. The third-order valence-electron chi connectivity index (χ3n) is 6.97. The van der Waals surface area contributed by atoms with Crippen LogP contribution < -0.4 is 19.7 Å². The van der Waals surface area contributed by atoms with Crippen LogP contribution in [0.15, 0.2) is 41.3 Å². The van der Waals surface area contributed by atoms with E-state index in [2.05, 4.69) is 15.1 Å². The van der Waals surface area contributed by atoms with Gasteiger partial charge in [-0.25, -0.2) is 13.4 Å². The zero-order chi connectivity index (χ0) is 27.4. The van der Waals surface area contributed by atoms with Crippen molar-refractivity contribution in [3.8, 4) is 11.5 Å². The highest BCUT2D eigenvalue weighted by molar-refractivity contribution is 7.89. The van der Waals surface area contributed by atoms with E-state index >= 15 is 0 Å². The fourth-order valence-electron chi connectivity index (χ4n) is 4.74. The molecule has 5 rings (SSSR count). The molecule has 39 heavy (non-hydrogen) atoms. The van der Waals surface area contributed by atoms with E-state index in [-0.39, 0.29) is 10.8 Å². The largest absolute Gasteiger partial charge is 0.493 e. The molecule has 13 heteroatoms. The van der Waals surface area contributed by atoms with Crippen LogP contribution in [0.5, 0.6) is 11.5 Å². The molecule has 0 unspecified atom stereocenters. The van der Waals surface area contributed by atoms with Crippen molar-refractivity contribution in [2.75, 3.05) is 84.7 Å². The van der Waals surface area contributed by atoms with Crippen LogP contribution in [0.1, 0.15) is 10.4 Å². The lowest BCUT2D eigenvalue weighted by molar-refractivity contribution is 0.0730. The smallest absolute Gasteiger partial charge is 0.251 e. The predicted octanol–water partition coefficient (Wildman–Crippen LogP) is 1.89. The van der Waals surface area contributed by atoms with E-state index in [0.717, 1.165) is 48.1 Å². The van der Waals surface area contributed by atoms with Gasteiger partial charge in [0.1, 0.15) is 5.52 Å². The molecule has 1 aromatic heterocycles. The molecule has 2 saturated heterocycles. The average Bonchev–Trinajstić information content (AvgIpc) is 3.42. The summed E-state index contributed by atoms with van der Waals surface area (Å²) in [6, 6.07) is 10.0. The number of sulfonamides is 1. The van der Waals surface area contributed by atoms with Gasteiger partial charge in [-0.05, 0) is 36.4 Å². The van der Waals surface area contributed by atoms with E-state index in [9.17, 15) is 13.2 Å². The lowest BCUT2D eigenvalue weighted by Crippen LogP contribution is -2.48. The number of nitrogens with zero attached hydrogens (tertiary/aromatic N) is 4. The van der Waals surface area contributed by atoms with Gasteiger partial charge in [0.05, 0.1) is 37.0 Å². The number of ether oxygens (including phenoxy) is 3. The van der Waals surface area contributed by atoms with Crippen molar-refractivity contribution in [1.29, 1.82) is 0 Å². The number of carbonyl (C=O) groups is 1. The second-order valence-electron chi connectivity index (χ2n) is 9.27. The minimum atomic E-state index is -3.58. The van der Waals surface area contributed by atoms with Crippen LogP contribution in [0.2, 0.25) is 0 Å². The molecule has 210 valence electrons. The molecule has 11 nitrogen and oxygen atoms in total. The highest BCUT2D eigenvalue weighted by Crippen LogP contribution is 2.40. The van der Waals surface area contributed by atoms with Crippen molar-refractivity contribution < 1.29 is 27.4 Å². The quantitative estimate of drug-likeness (QED) is 0.409. The standard InChI is InChI=1S/C26H33N5O6S2/c1-35-21-7-8-22-23(24(21)36-2)28-26(38-22)30-13-11-29(12-14-30)10-9-27-25(32)19-3-5-20(6-4-19)39(33,34)31-15-17-37-18-16-31/h3-8H,9-18H2,1-2H3,(H,27,32). The number of nitrogens with one attached hydrogen (secondary N) is 1. The molecule has 3 heterocycles. The van der Waals surface area contributed by atoms with Crippen LogP contribution >= 0.6 is 11.3 Å². The fourth-order valence-corrected chi connectivity index (χ4v) is 7.16. The Morgan fingerprint density at radius 2 is 1.72 bits per heavy atom. The molecule has 1 amide bonds. The van der Waals surface area contributed by atoms with Gasteiger partial charge in [-0.2, -0.15) is 4.31 Å². The first kappa shape index (κ1) is 27.6. The molecule has 2 fully saturated rings. The normalized spacial score (nSPS) is 17.3. The zero-order valence-corrected chi connectivity index (χ0v) is 23.7. The fraction of sp³-hybridized carbons (Fsp3) is 0.462. The molecule has 2 aromatic carbocycles. The number of benzene rings is 2. The van der Waals surface area contributed by atoms with Crippen molar-refractivity contribution in [2.24, 2.45) is 0 Å². The number of methoxy groups -OCH3 is 2. The summed E-state index contributed by atoms with van der Waals surface area (Å²) in [5.74, 6) is 1.10. The first-order valence-electron chi connectivity index (χ1n) is 12.9. The number of carbonyl (C=O) groups excluding carboxylic acids is 1. The Morgan fingerprint density at radius 1 is 1.00 bits per heavy atom. The summed E-state index contributed by atoms with van der Waals surface area (Å²) in [6.45, 7) is 6.09. The molecule has 0 saturated carbocycles. The van der Waals surface area contributed by atoms with Crippen LogP contribution in [0, 0.1) is 0 Å². The lowest BCUT2D eigenvalue weighted by Gasteiger charge is -2.34. The third kappa shape index (κ3) is 5.97. The average molecular weight is 576 g/mol. The van der Waals surface area contributed by atoms with Gasteiger partial charge < -0.3 is 24.4 Å². The molecule has 0 spiro atoms. The number of rotatable bonds is 9. The Bertz CT molecular complexity index is 1400. The Kier molecular flexibility index (Phi) is 8.52. The van der Waals surface area contributed by atoms with Gasteiger partial charge in [0.25, 0.3) is 5.91 Å². The van der Waals surface area contributed by atoms with Crippen molar-refractivity contribution >= 4 is 42.6 Å². The molecular formula is C26H33N5O6S2. The van der Waals surface area contributed by atoms with Gasteiger partial charge in [0.15, 0.2) is 16.6 Å². The van der Waals surface area contributed by atoms with Gasteiger partial charge in [-0.15, -0.1) is 0 Å². The number of morpholine rings is 1. The summed E-state index contributed by atoms with van der Waals surface area (Å²) in [6.07, 6.45) is 0. The second-order valence-corrected chi connectivity index (χ2v) is 12.2. The lowest BCUT2D eigenvalue weighted by atomic mass is 10.2. The van der Waals surface area contributed by atoms with Gasteiger partial charge in [-0.3, -0.25) is 9.69 Å². The molecule has 2 aliphatic heterocycles. The summed E-state index contributed by atoms with van der Waals surface area (Å²) in [5.41, 5.74) is 1.25. The monoisotopic (exact) mass is 575 g/mol. The molecule has 1 N–H and O–H groups in total. The molecule has 2 aliphatic rings. The summed E-state index contributed by atoms with van der Waals surface area (Å²) >= 11 is 1.64. The topological polar surface area (TPSA) is 114 Å². The Morgan fingerprint density at radius 3 is 2.38 bits per heavy atom. The van der Waals surface area contributed by atoms with Crippen molar-refractivity contribution in [2.45, 2.75) is 4.90 Å². The van der Waals surface area contributed by atoms with E-state index < -0.39 is 10.0 Å². The molecular weight excluding hydrogens is 542 g/mol. The maximum Gasteiger partial charge on any atom is 0.251 e. The summed E-state index contributed by atoms with van der Waals surface area (Å²) in [4.78, 5) is 22.2. The highest BCUT2D eigenvalue weighted by atomic mass is 32.2. The summed E-state index contributed by atoms with van der Waals surface area (Å²) in [7, 11) is -0.335. The van der Waals surface area contributed by atoms with E-state index in [1.165, 1.54) is 16.4 Å². The highest BCUT2D eigenvalue weighted by Gasteiger charge is 2.26. The first-order chi connectivity index (χ1) is 18.9. The van der Waals surface area contributed by atoms with Gasteiger partial charge >= 0.3 is 0 Å². The molecule has 0 aliphatic carbocycles. The Balaban J connectivity index is 1.10. The van der Waals surface area contributed by atoms with E-state index in [1.807, 2.05) is 12.1 Å². The van der Waals surface area contributed by atoms with Crippen LogP contribution in [0.3, 0.4) is 0 Å². The van der Waals surface area contributed by atoms with Crippen LogP contribution in [0.4, 0.5) is 5.13 Å². The minimum Gasteiger partial charge on any atom is -0.493 e. The summed E-state index contributed by atoms with van der Waals surface area (Å²) < 4.78 is 44.2. The van der Waals surface area contributed by atoms with E-state index in [0.29, 0.717) is 49.9 Å². The Labute approximate surface area is 232 Å². The summed E-state index contributed by atoms with van der Waals surface area (Å²) in [5, 5.41) is 3.91. The third-order valence-corrected chi connectivity index (χ3v) is 9.97. The molecule has 0 atom stereocenters. The zero-order valence-electron chi connectivity index (χ0n) is 22.1. The van der Waals surface area contributed by atoms with Crippen molar-refractivity contribution in [3.05, 3.63) is 42.0 Å². The van der Waals surface area contributed by atoms with Crippen LogP contribution in [0.25, 0.3) is 10.2 Å². The van der Waals surface area contributed by atoms with E-state index in [1.54, 1.807) is 37.7 Å². The number of anilines is 1. The number of amides is 1. The van der Waals surface area contributed by atoms with Crippen molar-refractivity contribution in [1.82, 2.24) is 19.5 Å². The second kappa shape index (κ2) is 12.0. The van der Waals surface area contributed by atoms with E-state index in [4.69, 9.17) is 19.2 Å². The van der Waals surface area contributed by atoms with Gasteiger partial charge in [-0.1, -0.05) is 11.3 Å².